The monoisotopic (exact) mass is 209 g/mol. The van der Waals surface area contributed by atoms with Crippen LogP contribution in [0.2, 0.25) is 5.02 Å². The van der Waals surface area contributed by atoms with Gasteiger partial charge in [0.05, 0.1) is 11.4 Å². The Balaban J connectivity index is 2.77. The van der Waals surface area contributed by atoms with Gasteiger partial charge in [0.25, 0.3) is 0 Å². The zero-order chi connectivity index (χ0) is 10.3. The number of pyridine rings is 1. The van der Waals surface area contributed by atoms with E-state index in [0.29, 0.717) is 5.02 Å². The number of aryl methyl sites for hydroxylation is 1. The predicted octanol–water partition coefficient (Wildman–Crippen LogP) is 2.32. The maximum absolute atomic E-state index is 5.88. The van der Waals surface area contributed by atoms with Crippen LogP contribution in [0.1, 0.15) is 24.4 Å². The van der Waals surface area contributed by atoms with Crippen molar-refractivity contribution in [3.63, 3.8) is 0 Å². The third kappa shape index (κ3) is 1.38. The van der Waals surface area contributed by atoms with Crippen molar-refractivity contribution in [1.29, 1.82) is 0 Å². The number of hydrogen-bond acceptors (Lipinski definition) is 2. The van der Waals surface area contributed by atoms with Gasteiger partial charge in [-0.2, -0.15) is 0 Å². The van der Waals surface area contributed by atoms with Crippen molar-refractivity contribution in [3.8, 4) is 0 Å². The number of fused-ring (bicyclic) bond motifs is 1. The smallest absolute Gasteiger partial charge is 0.138 e. The van der Waals surface area contributed by atoms with Crippen LogP contribution in [0.4, 0.5) is 0 Å². The second-order valence-electron chi connectivity index (χ2n) is 3.44. The number of imidazole rings is 1. The van der Waals surface area contributed by atoms with Gasteiger partial charge in [-0.1, -0.05) is 11.6 Å². The van der Waals surface area contributed by atoms with Crippen molar-refractivity contribution >= 4 is 17.2 Å². The molecular formula is C10H12ClN3. The molecule has 0 aliphatic heterocycles. The van der Waals surface area contributed by atoms with Crippen LogP contribution in [-0.2, 0) is 0 Å². The van der Waals surface area contributed by atoms with E-state index >= 15 is 0 Å². The first-order valence-corrected chi connectivity index (χ1v) is 4.87. The molecule has 74 valence electrons. The summed E-state index contributed by atoms with van der Waals surface area (Å²) >= 11 is 5.88. The van der Waals surface area contributed by atoms with Gasteiger partial charge in [-0.05, 0) is 19.9 Å². The van der Waals surface area contributed by atoms with Gasteiger partial charge >= 0.3 is 0 Å². The Kier molecular flexibility index (Phi) is 2.21. The van der Waals surface area contributed by atoms with E-state index in [2.05, 4.69) is 4.98 Å². The Bertz CT molecular complexity index is 473. The average molecular weight is 210 g/mol. The van der Waals surface area contributed by atoms with Crippen LogP contribution in [-0.4, -0.2) is 9.38 Å². The molecule has 0 fully saturated rings. The normalized spacial score (nSPS) is 13.4. The molecule has 2 rings (SSSR count). The standard InChI is InChI=1S/C10H12ClN3/c1-6(12)10-7(2)13-9-5-8(11)3-4-14(9)10/h3-6H,12H2,1-2H3. The summed E-state index contributed by atoms with van der Waals surface area (Å²) in [6.07, 6.45) is 1.90. The van der Waals surface area contributed by atoms with Gasteiger partial charge in [0, 0.05) is 23.3 Å². The summed E-state index contributed by atoms with van der Waals surface area (Å²) in [6.45, 7) is 3.91. The Hall–Kier alpha value is -1.06. The van der Waals surface area contributed by atoms with Gasteiger partial charge in [0.15, 0.2) is 0 Å². The van der Waals surface area contributed by atoms with Crippen LogP contribution >= 0.6 is 11.6 Å². The van der Waals surface area contributed by atoms with E-state index in [1.54, 1.807) is 0 Å². The summed E-state index contributed by atoms with van der Waals surface area (Å²) in [7, 11) is 0. The zero-order valence-electron chi connectivity index (χ0n) is 8.16. The number of aromatic nitrogens is 2. The van der Waals surface area contributed by atoms with Gasteiger partial charge in [0.1, 0.15) is 5.65 Å². The molecule has 0 aromatic carbocycles. The van der Waals surface area contributed by atoms with Gasteiger partial charge in [-0.15, -0.1) is 0 Å². The maximum Gasteiger partial charge on any atom is 0.138 e. The van der Waals surface area contributed by atoms with Crippen molar-refractivity contribution < 1.29 is 0 Å². The first-order chi connectivity index (χ1) is 6.59. The third-order valence-electron chi connectivity index (χ3n) is 2.24. The van der Waals surface area contributed by atoms with E-state index in [1.165, 1.54) is 0 Å². The van der Waals surface area contributed by atoms with Crippen molar-refractivity contribution in [2.75, 3.05) is 0 Å². The lowest BCUT2D eigenvalue weighted by Crippen LogP contribution is -2.09. The van der Waals surface area contributed by atoms with Crippen LogP contribution in [0.25, 0.3) is 5.65 Å². The van der Waals surface area contributed by atoms with E-state index in [-0.39, 0.29) is 6.04 Å². The molecule has 1 unspecified atom stereocenters. The lowest BCUT2D eigenvalue weighted by Gasteiger charge is -2.06. The largest absolute Gasteiger partial charge is 0.323 e. The van der Waals surface area contributed by atoms with E-state index in [4.69, 9.17) is 17.3 Å². The molecule has 0 aliphatic carbocycles. The molecule has 2 heterocycles. The Labute approximate surface area is 87.5 Å². The quantitative estimate of drug-likeness (QED) is 0.784. The Morgan fingerprint density at radius 1 is 1.57 bits per heavy atom. The van der Waals surface area contributed by atoms with Crippen LogP contribution in [0, 0.1) is 6.92 Å². The summed E-state index contributed by atoms with van der Waals surface area (Å²) in [5.41, 5.74) is 8.72. The molecule has 0 saturated carbocycles. The number of halogens is 1. The predicted molar refractivity (Wildman–Crippen MR) is 57.5 cm³/mol. The van der Waals surface area contributed by atoms with Crippen LogP contribution in [0.5, 0.6) is 0 Å². The van der Waals surface area contributed by atoms with E-state index in [1.807, 2.05) is 36.6 Å². The minimum atomic E-state index is -0.0221. The summed E-state index contributed by atoms with van der Waals surface area (Å²) in [6, 6.07) is 3.65. The van der Waals surface area contributed by atoms with Crippen LogP contribution < -0.4 is 5.73 Å². The molecule has 2 N–H and O–H groups in total. The molecule has 0 spiro atoms. The van der Waals surface area contributed by atoms with Crippen molar-refractivity contribution in [1.82, 2.24) is 9.38 Å². The minimum absolute atomic E-state index is 0.0221. The molecule has 0 aliphatic rings. The fraction of sp³-hybridized carbons (Fsp3) is 0.300. The molecule has 0 radical (unpaired) electrons. The van der Waals surface area contributed by atoms with Crippen LogP contribution in [0.3, 0.4) is 0 Å². The second kappa shape index (κ2) is 3.26. The maximum atomic E-state index is 5.88. The van der Waals surface area contributed by atoms with E-state index in [0.717, 1.165) is 17.0 Å². The SMILES string of the molecule is Cc1nc2cc(Cl)ccn2c1C(C)N. The molecule has 3 nitrogen and oxygen atoms in total. The molecule has 0 amide bonds. The molecule has 2 aromatic heterocycles. The summed E-state index contributed by atoms with van der Waals surface area (Å²) < 4.78 is 1.98. The lowest BCUT2D eigenvalue weighted by molar-refractivity contribution is 0.761. The van der Waals surface area contributed by atoms with Crippen LogP contribution in [0.15, 0.2) is 18.3 Å². The number of rotatable bonds is 1. The average Bonchev–Trinajstić information content (AvgIpc) is 2.39. The molecule has 0 bridgehead atoms. The topological polar surface area (TPSA) is 43.3 Å². The summed E-state index contributed by atoms with van der Waals surface area (Å²) in [5, 5.41) is 0.693. The molecule has 4 heteroatoms. The Morgan fingerprint density at radius 3 is 2.93 bits per heavy atom. The number of hydrogen-bond donors (Lipinski definition) is 1. The number of nitrogens with two attached hydrogens (primary N) is 1. The van der Waals surface area contributed by atoms with Crippen molar-refractivity contribution in [3.05, 3.63) is 34.7 Å². The minimum Gasteiger partial charge on any atom is -0.323 e. The van der Waals surface area contributed by atoms with Gasteiger partial charge in [-0.3, -0.25) is 0 Å². The van der Waals surface area contributed by atoms with E-state index < -0.39 is 0 Å². The molecular weight excluding hydrogens is 198 g/mol. The van der Waals surface area contributed by atoms with Gasteiger partial charge in [0.2, 0.25) is 0 Å². The van der Waals surface area contributed by atoms with Crippen molar-refractivity contribution in [2.45, 2.75) is 19.9 Å². The molecule has 14 heavy (non-hydrogen) atoms. The second-order valence-corrected chi connectivity index (χ2v) is 3.88. The first kappa shape index (κ1) is 9.49. The molecule has 2 aromatic rings. The fourth-order valence-corrected chi connectivity index (χ4v) is 1.86. The summed E-state index contributed by atoms with van der Waals surface area (Å²) in [5.74, 6) is 0. The molecule has 0 saturated heterocycles. The zero-order valence-corrected chi connectivity index (χ0v) is 8.92. The lowest BCUT2D eigenvalue weighted by atomic mass is 10.2. The highest BCUT2D eigenvalue weighted by atomic mass is 35.5. The first-order valence-electron chi connectivity index (χ1n) is 4.49. The highest BCUT2D eigenvalue weighted by Gasteiger charge is 2.11. The van der Waals surface area contributed by atoms with Gasteiger partial charge < -0.3 is 10.1 Å². The third-order valence-corrected chi connectivity index (χ3v) is 2.48. The highest BCUT2D eigenvalue weighted by Crippen LogP contribution is 2.19. The van der Waals surface area contributed by atoms with Gasteiger partial charge in [-0.25, -0.2) is 4.98 Å². The Morgan fingerprint density at radius 2 is 2.29 bits per heavy atom. The summed E-state index contributed by atoms with van der Waals surface area (Å²) in [4.78, 5) is 4.39. The van der Waals surface area contributed by atoms with E-state index in [9.17, 15) is 0 Å². The van der Waals surface area contributed by atoms with Crippen molar-refractivity contribution in [2.24, 2.45) is 5.73 Å². The fourth-order valence-electron chi connectivity index (χ4n) is 1.71. The highest BCUT2D eigenvalue weighted by molar-refractivity contribution is 6.30. The molecule has 1 atom stereocenters. The number of nitrogens with zero attached hydrogens (tertiary/aromatic N) is 2.